The van der Waals surface area contributed by atoms with E-state index in [4.69, 9.17) is 4.74 Å². The minimum absolute atomic E-state index is 0.212. The zero-order chi connectivity index (χ0) is 15.2. The number of hydrogen-bond donors (Lipinski definition) is 2. The molecule has 1 aromatic carbocycles. The molecule has 0 saturated carbocycles. The predicted octanol–water partition coefficient (Wildman–Crippen LogP) is 2.61. The molecule has 21 heavy (non-hydrogen) atoms. The van der Waals surface area contributed by atoms with Crippen molar-refractivity contribution in [3.8, 4) is 11.5 Å². The van der Waals surface area contributed by atoms with Crippen molar-refractivity contribution in [2.75, 3.05) is 26.2 Å². The Labute approximate surface area is 128 Å². The van der Waals surface area contributed by atoms with Gasteiger partial charge in [-0.05, 0) is 63.9 Å². The van der Waals surface area contributed by atoms with Crippen LogP contribution in [0.5, 0.6) is 11.5 Å². The first-order valence-electron chi connectivity index (χ1n) is 7.99. The van der Waals surface area contributed by atoms with Crippen LogP contribution in [-0.2, 0) is 6.54 Å². The zero-order valence-electron chi connectivity index (χ0n) is 13.4. The first-order valence-corrected chi connectivity index (χ1v) is 7.99. The molecule has 1 aliphatic heterocycles. The molecule has 4 heteroatoms. The van der Waals surface area contributed by atoms with Crippen molar-refractivity contribution in [3.63, 3.8) is 0 Å². The predicted molar refractivity (Wildman–Crippen MR) is 85.8 cm³/mol. The lowest BCUT2D eigenvalue weighted by atomic mass is 10.1. The molecule has 1 saturated heterocycles. The van der Waals surface area contributed by atoms with Crippen molar-refractivity contribution in [1.82, 2.24) is 10.2 Å². The fourth-order valence-corrected chi connectivity index (χ4v) is 2.86. The monoisotopic (exact) mass is 292 g/mol. The summed E-state index contributed by atoms with van der Waals surface area (Å²) in [5.74, 6) is 1.53. The summed E-state index contributed by atoms with van der Waals surface area (Å²) >= 11 is 0. The highest BCUT2D eigenvalue weighted by atomic mass is 16.5. The van der Waals surface area contributed by atoms with Crippen LogP contribution in [0.2, 0.25) is 0 Å². The maximum absolute atomic E-state index is 9.69. The standard InChI is InChI=1S/C17H28N2O2/c1-4-21-17-9-14(5-6-16(17)20)10-18-11-15-7-8-19(12-15)13(2)3/h5-6,9,13,15,18,20H,4,7-8,10-12H2,1-3H3. The molecule has 1 fully saturated rings. The largest absolute Gasteiger partial charge is 0.504 e. The van der Waals surface area contributed by atoms with Crippen LogP contribution < -0.4 is 10.1 Å². The molecule has 0 radical (unpaired) electrons. The summed E-state index contributed by atoms with van der Waals surface area (Å²) in [5, 5.41) is 13.2. The normalized spacial score (nSPS) is 19.3. The Kier molecular flexibility index (Phi) is 5.88. The molecule has 1 atom stereocenters. The summed E-state index contributed by atoms with van der Waals surface area (Å²) < 4.78 is 5.41. The number of phenolic OH excluding ortho intramolecular Hbond substituents is 1. The lowest BCUT2D eigenvalue weighted by Crippen LogP contribution is -2.30. The van der Waals surface area contributed by atoms with Crippen LogP contribution in [0, 0.1) is 5.92 Å². The Morgan fingerprint density at radius 2 is 2.24 bits per heavy atom. The Hall–Kier alpha value is -1.26. The summed E-state index contributed by atoms with van der Waals surface area (Å²) in [5.41, 5.74) is 1.15. The molecular weight excluding hydrogens is 264 g/mol. The number of nitrogens with zero attached hydrogens (tertiary/aromatic N) is 1. The molecule has 2 N–H and O–H groups in total. The van der Waals surface area contributed by atoms with E-state index in [1.807, 2.05) is 19.1 Å². The summed E-state index contributed by atoms with van der Waals surface area (Å²) in [6.07, 6.45) is 1.28. The minimum Gasteiger partial charge on any atom is -0.504 e. The molecule has 0 aliphatic carbocycles. The number of benzene rings is 1. The first-order chi connectivity index (χ1) is 10.1. The van der Waals surface area contributed by atoms with Crippen LogP contribution in [0.25, 0.3) is 0 Å². The lowest BCUT2D eigenvalue weighted by molar-refractivity contribution is 0.264. The quantitative estimate of drug-likeness (QED) is 0.811. The van der Waals surface area contributed by atoms with Gasteiger partial charge in [-0.25, -0.2) is 0 Å². The number of rotatable bonds is 7. The maximum Gasteiger partial charge on any atom is 0.161 e. The van der Waals surface area contributed by atoms with Gasteiger partial charge in [-0.2, -0.15) is 0 Å². The van der Waals surface area contributed by atoms with E-state index in [9.17, 15) is 5.11 Å². The SMILES string of the molecule is CCOc1cc(CNCC2CCN(C(C)C)C2)ccc1O. The van der Waals surface area contributed by atoms with E-state index in [1.165, 1.54) is 19.5 Å². The Morgan fingerprint density at radius 1 is 1.43 bits per heavy atom. The topological polar surface area (TPSA) is 44.7 Å². The van der Waals surface area contributed by atoms with Gasteiger partial charge in [0.15, 0.2) is 11.5 Å². The van der Waals surface area contributed by atoms with E-state index in [-0.39, 0.29) is 5.75 Å². The number of ether oxygens (including phenoxy) is 1. The molecule has 0 spiro atoms. The van der Waals surface area contributed by atoms with Crippen molar-refractivity contribution < 1.29 is 9.84 Å². The smallest absolute Gasteiger partial charge is 0.161 e. The number of likely N-dealkylation sites (tertiary alicyclic amines) is 1. The van der Waals surface area contributed by atoms with Crippen LogP contribution in [-0.4, -0.2) is 42.3 Å². The minimum atomic E-state index is 0.212. The van der Waals surface area contributed by atoms with Crippen LogP contribution in [0.4, 0.5) is 0 Å². The molecule has 1 aromatic rings. The molecule has 118 valence electrons. The van der Waals surface area contributed by atoms with Crippen molar-refractivity contribution in [2.45, 2.75) is 39.8 Å². The maximum atomic E-state index is 9.69. The second kappa shape index (κ2) is 7.66. The second-order valence-corrected chi connectivity index (χ2v) is 6.11. The fraction of sp³-hybridized carbons (Fsp3) is 0.647. The van der Waals surface area contributed by atoms with Crippen LogP contribution in [0.15, 0.2) is 18.2 Å². The molecule has 1 aliphatic rings. The van der Waals surface area contributed by atoms with Gasteiger partial charge in [0.1, 0.15) is 0 Å². The van der Waals surface area contributed by atoms with E-state index in [2.05, 4.69) is 24.1 Å². The zero-order valence-corrected chi connectivity index (χ0v) is 13.4. The summed E-state index contributed by atoms with van der Waals surface area (Å²) in [6, 6.07) is 6.22. The van der Waals surface area contributed by atoms with E-state index < -0.39 is 0 Å². The first kappa shape index (κ1) is 16.1. The van der Waals surface area contributed by atoms with Gasteiger partial charge in [0, 0.05) is 19.1 Å². The third-order valence-corrected chi connectivity index (χ3v) is 4.13. The molecule has 1 heterocycles. The number of phenols is 1. The molecule has 0 amide bonds. The van der Waals surface area contributed by atoms with Crippen LogP contribution >= 0.6 is 0 Å². The van der Waals surface area contributed by atoms with E-state index in [0.29, 0.717) is 18.4 Å². The van der Waals surface area contributed by atoms with E-state index in [0.717, 1.165) is 24.6 Å². The van der Waals surface area contributed by atoms with Crippen LogP contribution in [0.3, 0.4) is 0 Å². The summed E-state index contributed by atoms with van der Waals surface area (Å²) in [4.78, 5) is 2.54. The Bertz CT molecular complexity index is 448. The van der Waals surface area contributed by atoms with Gasteiger partial charge < -0.3 is 20.1 Å². The van der Waals surface area contributed by atoms with Gasteiger partial charge in [-0.15, -0.1) is 0 Å². The van der Waals surface area contributed by atoms with Crippen molar-refractivity contribution in [1.29, 1.82) is 0 Å². The molecule has 0 aromatic heterocycles. The second-order valence-electron chi connectivity index (χ2n) is 6.11. The molecule has 0 bridgehead atoms. The number of aromatic hydroxyl groups is 1. The van der Waals surface area contributed by atoms with Crippen molar-refractivity contribution in [2.24, 2.45) is 5.92 Å². The molecule has 2 rings (SSSR count). The van der Waals surface area contributed by atoms with Gasteiger partial charge in [-0.3, -0.25) is 0 Å². The highest BCUT2D eigenvalue weighted by Crippen LogP contribution is 2.26. The third-order valence-electron chi connectivity index (χ3n) is 4.13. The number of hydrogen-bond acceptors (Lipinski definition) is 4. The van der Waals surface area contributed by atoms with E-state index in [1.54, 1.807) is 6.07 Å². The highest BCUT2D eigenvalue weighted by molar-refractivity contribution is 5.41. The van der Waals surface area contributed by atoms with Crippen molar-refractivity contribution in [3.05, 3.63) is 23.8 Å². The van der Waals surface area contributed by atoms with E-state index >= 15 is 0 Å². The highest BCUT2D eigenvalue weighted by Gasteiger charge is 2.23. The van der Waals surface area contributed by atoms with Gasteiger partial charge in [0.25, 0.3) is 0 Å². The van der Waals surface area contributed by atoms with Gasteiger partial charge in [-0.1, -0.05) is 6.07 Å². The lowest BCUT2D eigenvalue weighted by Gasteiger charge is -2.20. The van der Waals surface area contributed by atoms with Crippen molar-refractivity contribution >= 4 is 0 Å². The van der Waals surface area contributed by atoms with Gasteiger partial charge >= 0.3 is 0 Å². The van der Waals surface area contributed by atoms with Gasteiger partial charge in [0.2, 0.25) is 0 Å². The van der Waals surface area contributed by atoms with Gasteiger partial charge in [0.05, 0.1) is 6.61 Å². The number of nitrogens with one attached hydrogen (secondary N) is 1. The average Bonchev–Trinajstić information content (AvgIpc) is 2.92. The molecule has 4 nitrogen and oxygen atoms in total. The summed E-state index contributed by atoms with van der Waals surface area (Å²) in [7, 11) is 0. The van der Waals surface area contributed by atoms with Crippen LogP contribution in [0.1, 0.15) is 32.8 Å². The third kappa shape index (κ3) is 4.61. The average molecular weight is 292 g/mol. The fourth-order valence-electron chi connectivity index (χ4n) is 2.86. The molecular formula is C17H28N2O2. The molecule has 1 unspecified atom stereocenters. The Morgan fingerprint density at radius 3 is 2.90 bits per heavy atom. The summed E-state index contributed by atoms with van der Waals surface area (Å²) in [6.45, 7) is 11.3. The Balaban J connectivity index is 1.77.